The number of carbonyl (C=O) groups is 3. The first-order valence-electron chi connectivity index (χ1n) is 24.1. The molecule has 77 heavy (non-hydrogen) atoms. The second-order valence-corrected chi connectivity index (χ2v) is 22.5. The zero-order valence-corrected chi connectivity index (χ0v) is 45.1. The molecular weight excluding hydrogens is 1060 g/mol. The fourth-order valence-corrected chi connectivity index (χ4v) is 11.0. The van der Waals surface area contributed by atoms with Crippen LogP contribution in [0.3, 0.4) is 0 Å². The van der Waals surface area contributed by atoms with Crippen molar-refractivity contribution in [2.75, 3.05) is 18.9 Å². The molecule has 6 N–H and O–H groups in total. The standard InChI is InChI=1S/C26H31F2N4O8P.C24H32FN2O8P/c1-15(2)38-21(33)16(3)31-41(36,40-19-11-7-9-17-8-5-6-10-18(17)19)37-14-26(28)22(34)25(4,27)23(39-26)32-13-12-20(29)30-24(32)35;1-15(2)33-22(30)17(4)26-36(31,35-18-9-7-6-8-10-18)32-14-19-21(29)24(5,25)23(34-19)27-12-11-16(3)13-20(27)28/h5-13,15-16,22-23,34H,14H2,1-4H3,(H,31,36)(H2,29,30,35);6-12,15,17,19,21,23,29H,3,13-14H2,1-2,4-5H3,(H,26,31)/t16-,22-,23+,25+,26+,41-;17-,19+,21+,23+,24+,36-/m00/s1. The van der Waals surface area contributed by atoms with Crippen molar-refractivity contribution < 1.29 is 83.9 Å². The van der Waals surface area contributed by atoms with Gasteiger partial charge in [0.05, 0.1) is 25.2 Å². The van der Waals surface area contributed by atoms with Crippen LogP contribution in [0, 0.1) is 0 Å². The maximum absolute atomic E-state index is 16.0. The van der Waals surface area contributed by atoms with E-state index in [1.165, 1.54) is 38.2 Å². The van der Waals surface area contributed by atoms with E-state index in [-0.39, 0.29) is 23.7 Å². The lowest BCUT2D eigenvalue weighted by molar-refractivity contribution is -0.203. The van der Waals surface area contributed by atoms with Gasteiger partial charge in [-0.25, -0.2) is 27.1 Å². The molecule has 1 aromatic heterocycles. The second-order valence-electron chi connectivity index (χ2n) is 19.1. The quantitative estimate of drug-likeness (QED) is 0.0458. The van der Waals surface area contributed by atoms with Gasteiger partial charge in [0.25, 0.3) is 5.85 Å². The van der Waals surface area contributed by atoms with Crippen LogP contribution >= 0.6 is 15.5 Å². The van der Waals surface area contributed by atoms with Gasteiger partial charge in [-0.15, -0.1) is 0 Å². The number of allylic oxidation sites excluding steroid dienone is 1. The predicted octanol–water partition coefficient (Wildman–Crippen LogP) is 6.63. The first kappa shape index (κ1) is 60.3. The number of nitrogens with zero attached hydrogens (tertiary/aromatic N) is 3. The van der Waals surface area contributed by atoms with Gasteiger partial charge in [-0.05, 0) is 96.7 Å². The Morgan fingerprint density at radius 1 is 0.831 bits per heavy atom. The van der Waals surface area contributed by atoms with Crippen molar-refractivity contribution in [2.45, 2.75) is 134 Å². The highest BCUT2D eigenvalue weighted by atomic mass is 31.2. The number of aliphatic hydroxyl groups is 2. The number of benzene rings is 3. The first-order chi connectivity index (χ1) is 36.0. The number of nitrogens with two attached hydrogens (primary N) is 1. The molecule has 0 unspecified atom stereocenters. The Hall–Kier alpha value is -5.98. The lowest BCUT2D eigenvalue weighted by Gasteiger charge is -2.33. The summed E-state index contributed by atoms with van der Waals surface area (Å²) in [6.07, 6.45) is -5.94. The Morgan fingerprint density at radius 3 is 2.01 bits per heavy atom. The summed E-state index contributed by atoms with van der Waals surface area (Å²) in [6, 6.07) is 18.8. The van der Waals surface area contributed by atoms with E-state index in [0.717, 1.165) is 36.4 Å². The Kier molecular flexibility index (Phi) is 19.1. The number of aliphatic hydroxyl groups excluding tert-OH is 2. The summed E-state index contributed by atoms with van der Waals surface area (Å²) in [7, 11) is -8.93. The summed E-state index contributed by atoms with van der Waals surface area (Å²) in [5.41, 5.74) is -0.262. The van der Waals surface area contributed by atoms with E-state index in [9.17, 15) is 38.5 Å². The molecule has 22 nitrogen and oxygen atoms in total. The van der Waals surface area contributed by atoms with Crippen LogP contribution in [0.4, 0.5) is 19.0 Å². The highest BCUT2D eigenvalue weighted by Gasteiger charge is 2.65. The van der Waals surface area contributed by atoms with Crippen LogP contribution in [0.5, 0.6) is 11.5 Å². The molecule has 0 radical (unpaired) electrons. The fourth-order valence-electron chi connectivity index (χ4n) is 7.94. The number of ether oxygens (including phenoxy) is 4. The van der Waals surface area contributed by atoms with Crippen molar-refractivity contribution in [1.29, 1.82) is 0 Å². The number of para-hydroxylation sites is 1. The van der Waals surface area contributed by atoms with Crippen molar-refractivity contribution in [2.24, 2.45) is 0 Å². The summed E-state index contributed by atoms with van der Waals surface area (Å²) in [6.45, 7) is 13.1. The van der Waals surface area contributed by atoms with Gasteiger partial charge < -0.3 is 43.9 Å². The van der Waals surface area contributed by atoms with Crippen LogP contribution in [0.1, 0.15) is 68.0 Å². The van der Waals surface area contributed by atoms with E-state index in [2.05, 4.69) is 21.7 Å². The molecular formula is C50H63F3N6O16P2. The minimum Gasteiger partial charge on any atom is -0.462 e. The van der Waals surface area contributed by atoms with Crippen LogP contribution < -0.4 is 30.6 Å². The minimum absolute atomic E-state index is 0.0158. The number of alkyl halides is 3. The molecule has 3 aliphatic rings. The summed E-state index contributed by atoms with van der Waals surface area (Å²) < 4.78 is 119. The molecule has 4 aromatic rings. The van der Waals surface area contributed by atoms with Crippen LogP contribution in [0.15, 0.2) is 114 Å². The third kappa shape index (κ3) is 14.6. The number of carbonyl (C=O) groups excluding carboxylic acids is 3. The maximum Gasteiger partial charge on any atom is 0.459 e. The average molecular weight is 1120 g/mol. The number of amides is 1. The van der Waals surface area contributed by atoms with Crippen molar-refractivity contribution >= 4 is 49.9 Å². The molecule has 2 fully saturated rings. The van der Waals surface area contributed by atoms with Crippen molar-refractivity contribution in [3.8, 4) is 11.5 Å². The number of nitrogens with one attached hydrogen (secondary N) is 2. The molecule has 27 heteroatoms. The minimum atomic E-state index is -4.67. The largest absolute Gasteiger partial charge is 0.462 e. The van der Waals surface area contributed by atoms with Crippen molar-refractivity contribution in [3.63, 3.8) is 0 Å². The van der Waals surface area contributed by atoms with Gasteiger partial charge in [-0.3, -0.25) is 32.9 Å². The van der Waals surface area contributed by atoms with Gasteiger partial charge in [0.15, 0.2) is 29.9 Å². The highest BCUT2D eigenvalue weighted by molar-refractivity contribution is 7.52. The highest BCUT2D eigenvalue weighted by Crippen LogP contribution is 2.52. The summed E-state index contributed by atoms with van der Waals surface area (Å²) in [4.78, 5) is 54.0. The number of halogens is 3. The number of aromatic nitrogens is 2. The third-order valence-corrected chi connectivity index (χ3v) is 15.1. The predicted molar refractivity (Wildman–Crippen MR) is 273 cm³/mol. The van der Waals surface area contributed by atoms with Crippen LogP contribution in [-0.2, 0) is 51.5 Å². The number of rotatable bonds is 20. The average Bonchev–Trinajstić information content (AvgIpc) is 3.69. The van der Waals surface area contributed by atoms with Crippen LogP contribution in [0.25, 0.3) is 10.8 Å². The van der Waals surface area contributed by atoms with Gasteiger partial charge in [-0.2, -0.15) is 15.2 Å². The number of fused-ring (bicyclic) bond motifs is 1. The molecule has 0 bridgehead atoms. The third-order valence-electron chi connectivity index (χ3n) is 11.8. The van der Waals surface area contributed by atoms with E-state index >= 15 is 13.2 Å². The topological polar surface area (TPSA) is 288 Å². The van der Waals surface area contributed by atoms with Gasteiger partial charge in [0.2, 0.25) is 5.91 Å². The van der Waals surface area contributed by atoms with Crippen LogP contribution in [0.2, 0.25) is 0 Å². The second kappa shape index (κ2) is 24.4. The molecule has 2 saturated heterocycles. The monoisotopic (exact) mass is 1120 g/mol. The summed E-state index contributed by atoms with van der Waals surface area (Å²) >= 11 is 0. The van der Waals surface area contributed by atoms with Crippen LogP contribution in [-0.4, -0.2) is 122 Å². The molecule has 7 rings (SSSR count). The zero-order chi connectivity index (χ0) is 56.8. The van der Waals surface area contributed by atoms with E-state index in [0.29, 0.717) is 15.5 Å². The molecule has 1 amide bonds. The van der Waals surface area contributed by atoms with Gasteiger partial charge >= 0.3 is 33.1 Å². The number of esters is 2. The van der Waals surface area contributed by atoms with Crippen molar-refractivity contribution in [3.05, 3.63) is 120 Å². The summed E-state index contributed by atoms with van der Waals surface area (Å²) in [5, 5.41) is 27.4. The Labute approximate surface area is 441 Å². The Balaban J connectivity index is 0.000000252. The smallest absolute Gasteiger partial charge is 0.459 e. The van der Waals surface area contributed by atoms with E-state index < -0.39 is 124 Å². The Morgan fingerprint density at radius 2 is 1.42 bits per heavy atom. The number of nitrogen functional groups attached to an aromatic ring is 1. The van der Waals surface area contributed by atoms with Gasteiger partial charge in [0, 0.05) is 17.8 Å². The summed E-state index contributed by atoms with van der Waals surface area (Å²) in [5.74, 6) is -5.17. The molecule has 3 aromatic carbocycles. The molecule has 3 aliphatic heterocycles. The number of hydrogen-bond acceptors (Lipinski definition) is 18. The first-order valence-corrected chi connectivity index (χ1v) is 27.2. The van der Waals surface area contributed by atoms with E-state index in [1.54, 1.807) is 88.4 Å². The number of anilines is 1. The molecule has 0 spiro atoms. The Bertz CT molecular complexity index is 2970. The van der Waals surface area contributed by atoms with Gasteiger partial charge in [-0.1, -0.05) is 61.2 Å². The zero-order valence-electron chi connectivity index (χ0n) is 43.3. The normalized spacial score (nSPS) is 27.6. The lowest BCUT2D eigenvalue weighted by Crippen LogP contribution is -2.51. The SMILES string of the molecule is C=C1C=CN([C@@H]2O[C@H](CO[P@@](=O)(N[C@@H](C)C(=O)OC(C)C)Oc3ccccc3)[C@@H](O)[C@@]2(C)F)C(=O)C1.CC(C)OC(=O)[C@H](C)N[P@](=O)(OC[C@@]1(F)O[C@@H](n2ccc(N)nc2=O)[C@](C)(F)[C@@H]1O)Oc1cccc2ccccc12. The van der Waals surface area contributed by atoms with E-state index in [4.69, 9.17) is 42.8 Å². The van der Waals surface area contributed by atoms with Gasteiger partial charge in [0.1, 0.15) is 48.2 Å². The van der Waals surface area contributed by atoms with E-state index in [1.807, 2.05) is 0 Å². The number of hydrogen-bond donors (Lipinski definition) is 5. The maximum atomic E-state index is 16.0. The molecule has 0 aliphatic carbocycles. The van der Waals surface area contributed by atoms with Crippen molar-refractivity contribution in [1.82, 2.24) is 24.6 Å². The molecule has 4 heterocycles. The molecule has 420 valence electrons. The molecule has 0 saturated carbocycles. The lowest BCUT2D eigenvalue weighted by atomic mass is 9.97. The fraction of sp³-hybridized carbons (Fsp3) is 0.460. The molecule has 12 atom stereocenters.